The number of carbonyl (C=O) groups is 1. The molecule has 0 unspecified atom stereocenters. The summed E-state index contributed by atoms with van der Waals surface area (Å²) < 4.78 is 1.65. The Bertz CT molecular complexity index is 332. The molecule has 76 valence electrons. The number of nitrogens with one attached hydrogen (secondary N) is 1. The van der Waals surface area contributed by atoms with E-state index in [1.807, 2.05) is 0 Å². The summed E-state index contributed by atoms with van der Waals surface area (Å²) in [4.78, 5) is 14.6. The van der Waals surface area contributed by atoms with E-state index in [4.69, 9.17) is 10.3 Å². The normalized spacial score (nSPS) is 10.7. The second-order valence-corrected chi connectivity index (χ2v) is 2.55. The zero-order chi connectivity index (χ0) is 10.4. The number of aliphatic hydroxyl groups excluding tert-OH is 1. The minimum absolute atomic E-state index is 0.0152. The molecule has 0 atom stereocenters. The average molecular weight is 197 g/mol. The Labute approximate surface area is 80.5 Å². The summed E-state index contributed by atoms with van der Waals surface area (Å²) in [6.07, 6.45) is 6.29. The molecular weight excluding hydrogens is 186 g/mol. The molecule has 0 saturated carbocycles. The zero-order valence-electron chi connectivity index (χ0n) is 7.42. The highest BCUT2D eigenvalue weighted by molar-refractivity contribution is 5.91. The Kier molecular flexibility index (Phi) is 3.84. The number of nitrogens with zero attached hydrogens (tertiary/aromatic N) is 2. The van der Waals surface area contributed by atoms with Gasteiger partial charge in [0, 0.05) is 12.7 Å². The van der Waals surface area contributed by atoms with Gasteiger partial charge in [-0.05, 0) is 0 Å². The van der Waals surface area contributed by atoms with Gasteiger partial charge in [-0.3, -0.25) is 10.0 Å². The molecular formula is C8H11N3O3. The first-order chi connectivity index (χ1) is 6.77. The van der Waals surface area contributed by atoms with E-state index in [-0.39, 0.29) is 12.3 Å². The maximum atomic E-state index is 10.9. The Balaban J connectivity index is 2.59. The number of aromatic nitrogens is 2. The van der Waals surface area contributed by atoms with Crippen LogP contribution in [0.4, 0.5) is 0 Å². The van der Waals surface area contributed by atoms with Crippen LogP contribution in [-0.2, 0) is 6.54 Å². The molecule has 14 heavy (non-hydrogen) atoms. The lowest BCUT2D eigenvalue weighted by molar-refractivity contribution is 0.0701. The minimum Gasteiger partial charge on any atom is -0.392 e. The molecule has 0 aliphatic carbocycles. The van der Waals surface area contributed by atoms with Gasteiger partial charge >= 0.3 is 0 Å². The number of carbonyl (C=O) groups excluding carboxylic acids is 1. The van der Waals surface area contributed by atoms with E-state index in [2.05, 4.69) is 4.98 Å². The Morgan fingerprint density at radius 2 is 2.43 bits per heavy atom. The topological polar surface area (TPSA) is 87.4 Å². The summed E-state index contributed by atoms with van der Waals surface area (Å²) in [5.41, 5.74) is 1.63. The van der Waals surface area contributed by atoms with Crippen LogP contribution in [0.25, 0.3) is 0 Å². The van der Waals surface area contributed by atoms with Crippen LogP contribution in [0.1, 0.15) is 10.5 Å². The van der Waals surface area contributed by atoms with E-state index >= 15 is 0 Å². The van der Waals surface area contributed by atoms with E-state index in [1.165, 1.54) is 18.0 Å². The molecule has 0 aromatic carbocycles. The molecule has 6 heteroatoms. The van der Waals surface area contributed by atoms with Crippen LogP contribution in [0.2, 0.25) is 0 Å². The van der Waals surface area contributed by atoms with E-state index in [9.17, 15) is 4.79 Å². The number of allylic oxidation sites excluding steroid dienone is 1. The molecule has 1 rings (SSSR count). The first-order valence-corrected chi connectivity index (χ1v) is 4.00. The first kappa shape index (κ1) is 10.4. The maximum absolute atomic E-state index is 10.9. The monoisotopic (exact) mass is 197 g/mol. The van der Waals surface area contributed by atoms with Gasteiger partial charge in [-0.2, -0.15) is 0 Å². The van der Waals surface area contributed by atoms with Crippen LogP contribution < -0.4 is 5.48 Å². The molecule has 0 aliphatic heterocycles. The smallest absolute Gasteiger partial charge is 0.294 e. The van der Waals surface area contributed by atoms with Gasteiger partial charge in [-0.15, -0.1) is 0 Å². The number of hydrogen-bond acceptors (Lipinski definition) is 4. The van der Waals surface area contributed by atoms with Crippen molar-refractivity contribution < 1.29 is 15.1 Å². The SMILES string of the molecule is O=C(NO)c1cn(C/C=C\CO)cn1. The second kappa shape index (κ2) is 5.15. The largest absolute Gasteiger partial charge is 0.392 e. The van der Waals surface area contributed by atoms with Crippen LogP contribution >= 0.6 is 0 Å². The van der Waals surface area contributed by atoms with Crippen molar-refractivity contribution in [2.24, 2.45) is 0 Å². The molecule has 0 radical (unpaired) electrons. The first-order valence-electron chi connectivity index (χ1n) is 4.00. The predicted molar refractivity (Wildman–Crippen MR) is 47.7 cm³/mol. The fraction of sp³-hybridized carbons (Fsp3) is 0.250. The van der Waals surface area contributed by atoms with E-state index in [0.717, 1.165) is 0 Å². The van der Waals surface area contributed by atoms with Crippen molar-refractivity contribution in [1.29, 1.82) is 0 Å². The van der Waals surface area contributed by atoms with Crippen molar-refractivity contribution in [1.82, 2.24) is 15.0 Å². The summed E-state index contributed by atoms with van der Waals surface area (Å²) in [5, 5.41) is 16.8. The van der Waals surface area contributed by atoms with Crippen molar-refractivity contribution >= 4 is 5.91 Å². The third-order valence-corrected chi connectivity index (χ3v) is 1.56. The van der Waals surface area contributed by atoms with E-state index < -0.39 is 5.91 Å². The molecule has 6 nitrogen and oxygen atoms in total. The number of imidazole rings is 1. The van der Waals surface area contributed by atoms with Crippen molar-refractivity contribution in [3.63, 3.8) is 0 Å². The van der Waals surface area contributed by atoms with Gasteiger partial charge in [0.1, 0.15) is 5.69 Å². The summed E-state index contributed by atoms with van der Waals surface area (Å²) in [5.74, 6) is -0.644. The van der Waals surface area contributed by atoms with Crippen molar-refractivity contribution in [3.8, 4) is 0 Å². The van der Waals surface area contributed by atoms with Gasteiger partial charge in [0.2, 0.25) is 0 Å². The number of aliphatic hydroxyl groups is 1. The molecule has 0 fully saturated rings. The Morgan fingerprint density at radius 1 is 1.64 bits per heavy atom. The van der Waals surface area contributed by atoms with Crippen molar-refractivity contribution in [3.05, 3.63) is 30.4 Å². The standard InChI is InChI=1S/C8H11N3O3/c12-4-2-1-3-11-5-7(9-6-11)8(13)10-14/h1-2,5-6,12,14H,3-4H2,(H,10,13)/b2-1-. The van der Waals surface area contributed by atoms with Crippen LogP contribution in [0.3, 0.4) is 0 Å². The van der Waals surface area contributed by atoms with Crippen molar-refractivity contribution in [2.75, 3.05) is 6.61 Å². The molecule has 1 aromatic heterocycles. The lowest BCUT2D eigenvalue weighted by Gasteiger charge is -1.93. The van der Waals surface area contributed by atoms with Crippen LogP contribution in [0, 0.1) is 0 Å². The summed E-state index contributed by atoms with van der Waals surface area (Å²) in [6.45, 7) is 0.505. The van der Waals surface area contributed by atoms with Crippen LogP contribution in [-0.4, -0.2) is 32.4 Å². The molecule has 0 bridgehead atoms. The predicted octanol–water partition coefficient (Wildman–Crippen LogP) is -0.449. The maximum Gasteiger partial charge on any atom is 0.294 e. The minimum atomic E-state index is -0.644. The Hall–Kier alpha value is -1.66. The summed E-state index contributed by atoms with van der Waals surface area (Å²) in [7, 11) is 0. The molecule has 0 saturated heterocycles. The van der Waals surface area contributed by atoms with Gasteiger partial charge < -0.3 is 9.67 Å². The highest BCUT2D eigenvalue weighted by atomic mass is 16.5. The van der Waals surface area contributed by atoms with Gasteiger partial charge in [-0.25, -0.2) is 10.5 Å². The molecule has 1 amide bonds. The van der Waals surface area contributed by atoms with Gasteiger partial charge in [0.05, 0.1) is 12.9 Å². The zero-order valence-corrected chi connectivity index (χ0v) is 7.42. The second-order valence-electron chi connectivity index (χ2n) is 2.55. The lowest BCUT2D eigenvalue weighted by Crippen LogP contribution is -2.18. The quantitative estimate of drug-likeness (QED) is 0.346. The van der Waals surface area contributed by atoms with Gasteiger partial charge in [0.25, 0.3) is 5.91 Å². The highest BCUT2D eigenvalue weighted by Gasteiger charge is 2.06. The number of amides is 1. The van der Waals surface area contributed by atoms with Gasteiger partial charge in [-0.1, -0.05) is 12.2 Å². The fourth-order valence-corrected chi connectivity index (χ4v) is 0.905. The molecule has 0 spiro atoms. The molecule has 3 N–H and O–H groups in total. The highest BCUT2D eigenvalue weighted by Crippen LogP contribution is 1.96. The fourth-order valence-electron chi connectivity index (χ4n) is 0.905. The van der Waals surface area contributed by atoms with Gasteiger partial charge in [0.15, 0.2) is 0 Å². The Morgan fingerprint density at radius 3 is 3.07 bits per heavy atom. The summed E-state index contributed by atoms with van der Waals surface area (Å²) >= 11 is 0. The number of hydrogen-bond donors (Lipinski definition) is 3. The van der Waals surface area contributed by atoms with Crippen LogP contribution in [0.5, 0.6) is 0 Å². The number of hydroxylamine groups is 1. The van der Waals surface area contributed by atoms with Crippen LogP contribution in [0.15, 0.2) is 24.7 Å². The van der Waals surface area contributed by atoms with E-state index in [1.54, 1.807) is 16.7 Å². The number of rotatable bonds is 4. The third-order valence-electron chi connectivity index (χ3n) is 1.56. The summed E-state index contributed by atoms with van der Waals surface area (Å²) in [6, 6.07) is 0. The molecule has 1 heterocycles. The molecule has 0 aliphatic rings. The van der Waals surface area contributed by atoms with Crippen molar-refractivity contribution in [2.45, 2.75) is 6.54 Å². The average Bonchev–Trinajstić information content (AvgIpc) is 2.66. The lowest BCUT2D eigenvalue weighted by atomic mass is 10.4. The van der Waals surface area contributed by atoms with E-state index in [0.29, 0.717) is 6.54 Å². The molecule has 1 aromatic rings. The third kappa shape index (κ3) is 2.68.